The summed E-state index contributed by atoms with van der Waals surface area (Å²) in [5.41, 5.74) is 0.563. The maximum atomic E-state index is 10.5. The standard InChI is InChI=1S/C6H8NO2/c1-5-3-6(4-9-5)7(2)8/h3-4H,1-2H3/q+1. The molecule has 0 aliphatic heterocycles. The number of hydrogen-bond acceptors (Lipinski definition) is 2. The van der Waals surface area contributed by atoms with Crippen molar-refractivity contribution >= 4 is 5.69 Å². The van der Waals surface area contributed by atoms with E-state index in [1.165, 1.54) is 13.3 Å². The summed E-state index contributed by atoms with van der Waals surface area (Å²) < 4.78 is 5.64. The Bertz CT molecular complexity index is 227. The predicted molar refractivity (Wildman–Crippen MR) is 32.7 cm³/mol. The average molecular weight is 126 g/mol. The van der Waals surface area contributed by atoms with Crippen molar-refractivity contribution in [1.82, 2.24) is 0 Å². The van der Waals surface area contributed by atoms with E-state index in [2.05, 4.69) is 0 Å². The van der Waals surface area contributed by atoms with Gasteiger partial charge in [0, 0.05) is 9.67 Å². The Kier molecular flexibility index (Phi) is 1.34. The Balaban J connectivity index is 2.98. The molecule has 1 aromatic rings. The highest BCUT2D eigenvalue weighted by molar-refractivity contribution is 5.25. The molecule has 0 saturated heterocycles. The van der Waals surface area contributed by atoms with Crippen molar-refractivity contribution in [2.24, 2.45) is 0 Å². The van der Waals surface area contributed by atoms with E-state index in [0.29, 0.717) is 5.69 Å². The summed E-state index contributed by atoms with van der Waals surface area (Å²) in [5.74, 6) is 0.757. The van der Waals surface area contributed by atoms with Crippen molar-refractivity contribution in [3.8, 4) is 0 Å². The van der Waals surface area contributed by atoms with Crippen LogP contribution in [0.4, 0.5) is 5.69 Å². The van der Waals surface area contributed by atoms with Crippen LogP contribution in [0.25, 0.3) is 0 Å². The lowest BCUT2D eigenvalue weighted by Gasteiger charge is -1.70. The van der Waals surface area contributed by atoms with Crippen molar-refractivity contribution in [2.45, 2.75) is 6.92 Å². The van der Waals surface area contributed by atoms with Crippen LogP contribution in [-0.2, 0) is 0 Å². The van der Waals surface area contributed by atoms with Gasteiger partial charge in [0.15, 0.2) is 13.3 Å². The predicted octanol–water partition coefficient (Wildman–Crippen LogP) is 1.63. The SMILES string of the molecule is Cc1cc([N+](C)=O)co1. The van der Waals surface area contributed by atoms with Gasteiger partial charge in [-0.25, -0.2) is 0 Å². The van der Waals surface area contributed by atoms with E-state index in [4.69, 9.17) is 4.42 Å². The second-order valence-corrected chi connectivity index (χ2v) is 1.91. The van der Waals surface area contributed by atoms with Crippen LogP contribution in [0.15, 0.2) is 16.7 Å². The van der Waals surface area contributed by atoms with Crippen LogP contribution in [0, 0.1) is 11.8 Å². The lowest BCUT2D eigenvalue weighted by atomic mass is 10.4. The second-order valence-electron chi connectivity index (χ2n) is 1.91. The molecule has 0 spiro atoms. The number of aryl methyl sites for hydroxylation is 1. The van der Waals surface area contributed by atoms with E-state index in [9.17, 15) is 4.91 Å². The molecule has 48 valence electrons. The summed E-state index contributed by atoms with van der Waals surface area (Å²) in [6, 6.07) is 1.69. The third-order valence-corrected chi connectivity index (χ3v) is 1.08. The van der Waals surface area contributed by atoms with Gasteiger partial charge in [0.05, 0.1) is 6.07 Å². The highest BCUT2D eigenvalue weighted by Gasteiger charge is 2.08. The van der Waals surface area contributed by atoms with E-state index in [0.717, 1.165) is 10.5 Å². The summed E-state index contributed by atoms with van der Waals surface area (Å²) in [5, 5.41) is 0. The van der Waals surface area contributed by atoms with E-state index in [1.807, 2.05) is 0 Å². The number of rotatable bonds is 1. The minimum absolute atomic E-state index is 0.563. The molecule has 3 heteroatoms. The van der Waals surface area contributed by atoms with Gasteiger partial charge in [0.2, 0.25) is 0 Å². The van der Waals surface area contributed by atoms with E-state index in [1.54, 1.807) is 13.0 Å². The minimum atomic E-state index is 0.563. The molecule has 0 fully saturated rings. The minimum Gasteiger partial charge on any atom is -0.462 e. The highest BCUT2D eigenvalue weighted by Crippen LogP contribution is 2.13. The third-order valence-electron chi connectivity index (χ3n) is 1.08. The van der Waals surface area contributed by atoms with Gasteiger partial charge in [-0.1, -0.05) is 0 Å². The molecule has 0 saturated carbocycles. The van der Waals surface area contributed by atoms with Gasteiger partial charge in [0.25, 0.3) is 5.69 Å². The molecule has 0 aliphatic rings. The Morgan fingerprint density at radius 1 is 1.67 bits per heavy atom. The number of furan rings is 1. The molecule has 1 heterocycles. The monoisotopic (exact) mass is 126 g/mol. The van der Waals surface area contributed by atoms with Gasteiger partial charge >= 0.3 is 0 Å². The lowest BCUT2D eigenvalue weighted by Crippen LogP contribution is -1.85. The van der Waals surface area contributed by atoms with Gasteiger partial charge in [-0.3, -0.25) is 0 Å². The van der Waals surface area contributed by atoms with E-state index >= 15 is 0 Å². The largest absolute Gasteiger partial charge is 0.462 e. The number of hydrogen-bond donors (Lipinski definition) is 0. The Labute approximate surface area is 52.9 Å². The third kappa shape index (κ3) is 1.16. The van der Waals surface area contributed by atoms with Gasteiger partial charge in [0.1, 0.15) is 5.76 Å². The average Bonchev–Trinajstić information content (AvgIpc) is 2.14. The van der Waals surface area contributed by atoms with Crippen LogP contribution in [-0.4, -0.2) is 11.8 Å². The van der Waals surface area contributed by atoms with Crippen molar-refractivity contribution < 1.29 is 9.18 Å². The molecule has 0 aromatic carbocycles. The molecule has 0 radical (unpaired) electrons. The fourth-order valence-electron chi connectivity index (χ4n) is 0.595. The first-order valence-electron chi connectivity index (χ1n) is 2.66. The van der Waals surface area contributed by atoms with Crippen LogP contribution in [0.2, 0.25) is 0 Å². The molecule has 0 aliphatic carbocycles. The van der Waals surface area contributed by atoms with Crippen LogP contribution in [0.5, 0.6) is 0 Å². The smallest absolute Gasteiger partial charge is 0.293 e. The zero-order valence-electron chi connectivity index (χ0n) is 5.42. The fourth-order valence-corrected chi connectivity index (χ4v) is 0.595. The van der Waals surface area contributed by atoms with Crippen molar-refractivity contribution in [2.75, 3.05) is 7.05 Å². The maximum absolute atomic E-state index is 10.5. The first-order valence-corrected chi connectivity index (χ1v) is 2.66. The number of nitroso groups, excluding NO2 is 1. The second kappa shape index (κ2) is 2.01. The van der Waals surface area contributed by atoms with Gasteiger partial charge < -0.3 is 4.42 Å². The zero-order valence-corrected chi connectivity index (χ0v) is 5.42. The van der Waals surface area contributed by atoms with Crippen LogP contribution in [0.3, 0.4) is 0 Å². The van der Waals surface area contributed by atoms with E-state index in [-0.39, 0.29) is 0 Å². The summed E-state index contributed by atoms with van der Waals surface area (Å²) in [4.78, 5) is 10.5. The van der Waals surface area contributed by atoms with E-state index < -0.39 is 0 Å². The molecule has 3 nitrogen and oxygen atoms in total. The van der Waals surface area contributed by atoms with Crippen LogP contribution < -0.4 is 0 Å². The molecule has 0 unspecified atom stereocenters. The molecule has 0 N–H and O–H groups in total. The van der Waals surface area contributed by atoms with Crippen molar-refractivity contribution in [3.05, 3.63) is 23.0 Å². The summed E-state index contributed by atoms with van der Waals surface area (Å²) in [6.45, 7) is 1.80. The van der Waals surface area contributed by atoms with Crippen LogP contribution in [0.1, 0.15) is 5.76 Å². The van der Waals surface area contributed by atoms with Gasteiger partial charge in [-0.15, -0.1) is 0 Å². The van der Waals surface area contributed by atoms with Crippen molar-refractivity contribution in [3.63, 3.8) is 0 Å². The van der Waals surface area contributed by atoms with Gasteiger partial charge in [-0.2, -0.15) is 0 Å². The maximum Gasteiger partial charge on any atom is 0.293 e. The Morgan fingerprint density at radius 2 is 2.33 bits per heavy atom. The molecule has 0 atom stereocenters. The molecule has 1 rings (SSSR count). The zero-order chi connectivity index (χ0) is 6.85. The molecule has 1 aromatic heterocycles. The summed E-state index contributed by atoms with van der Waals surface area (Å²) in [7, 11) is 1.43. The molecule has 0 bridgehead atoms. The fraction of sp³-hybridized carbons (Fsp3) is 0.333. The van der Waals surface area contributed by atoms with Gasteiger partial charge in [-0.05, 0) is 6.92 Å². The molecule has 9 heavy (non-hydrogen) atoms. The molecular formula is C6H8NO2+. The lowest BCUT2D eigenvalue weighted by molar-refractivity contribution is -0.428. The first-order chi connectivity index (χ1) is 4.20. The topological polar surface area (TPSA) is 33.2 Å². The Hall–Kier alpha value is -1.12. The summed E-state index contributed by atoms with van der Waals surface area (Å²) in [6.07, 6.45) is 1.43. The molecular weight excluding hydrogens is 118 g/mol. The molecule has 0 amide bonds. The number of nitrogens with zero attached hydrogens (tertiary/aromatic N) is 1. The van der Waals surface area contributed by atoms with Crippen molar-refractivity contribution in [1.29, 1.82) is 0 Å². The normalized spacial score (nSPS) is 9.56. The summed E-state index contributed by atoms with van der Waals surface area (Å²) >= 11 is 0. The highest BCUT2D eigenvalue weighted by atomic mass is 16.3. The first kappa shape index (κ1) is 6.01. The quantitative estimate of drug-likeness (QED) is 0.536. The van der Waals surface area contributed by atoms with Crippen LogP contribution >= 0.6 is 0 Å². The Morgan fingerprint density at radius 3 is 2.56 bits per heavy atom.